The fraction of sp³-hybridized carbons (Fsp3) is 0.692. The first-order chi connectivity index (χ1) is 12.8. The zero-order valence-electron chi connectivity index (χ0n) is 18.1. The Kier molecular flexibility index (Phi) is 4.72. The highest BCUT2D eigenvalue weighted by molar-refractivity contribution is 5.39. The second kappa shape index (κ2) is 6.68. The van der Waals surface area contributed by atoms with Gasteiger partial charge in [0.05, 0.1) is 0 Å². The lowest BCUT2D eigenvalue weighted by Gasteiger charge is -2.49. The molecule has 0 aromatic heterocycles. The maximum absolute atomic E-state index is 4.46. The summed E-state index contributed by atoms with van der Waals surface area (Å²) in [5, 5.41) is 0. The van der Waals surface area contributed by atoms with Crippen LogP contribution in [0.4, 0.5) is 0 Å². The molecule has 1 heteroatoms. The summed E-state index contributed by atoms with van der Waals surface area (Å²) < 4.78 is 0. The van der Waals surface area contributed by atoms with Crippen molar-refractivity contribution in [2.45, 2.75) is 78.2 Å². The Bertz CT molecular complexity index is 697. The first kappa shape index (κ1) is 19.1. The van der Waals surface area contributed by atoms with Gasteiger partial charge in [-0.25, -0.2) is 0 Å². The molecule has 0 radical (unpaired) electrons. The van der Waals surface area contributed by atoms with E-state index in [4.69, 9.17) is 0 Å². The average Bonchev–Trinajstić information content (AvgIpc) is 2.87. The van der Waals surface area contributed by atoms with Gasteiger partial charge >= 0.3 is 0 Å². The smallest absolute Gasteiger partial charge is 0.0428 e. The highest BCUT2D eigenvalue weighted by Gasteiger charge is 2.57. The van der Waals surface area contributed by atoms with E-state index in [9.17, 15) is 0 Å². The topological polar surface area (TPSA) is 3.24 Å². The van der Waals surface area contributed by atoms with Crippen molar-refractivity contribution in [2.24, 2.45) is 29.1 Å². The van der Waals surface area contributed by atoms with Gasteiger partial charge in [-0.2, -0.15) is 0 Å². The van der Waals surface area contributed by atoms with Crippen molar-refractivity contribution >= 4 is 0 Å². The molecule has 148 valence electrons. The van der Waals surface area contributed by atoms with Crippen molar-refractivity contribution in [3.63, 3.8) is 0 Å². The van der Waals surface area contributed by atoms with Crippen molar-refractivity contribution in [1.82, 2.24) is 4.90 Å². The van der Waals surface area contributed by atoms with Crippen LogP contribution in [0.5, 0.6) is 0 Å². The molecule has 0 amide bonds. The molecule has 1 aliphatic heterocycles. The van der Waals surface area contributed by atoms with Gasteiger partial charge in [0.2, 0.25) is 0 Å². The van der Waals surface area contributed by atoms with E-state index in [-0.39, 0.29) is 5.54 Å². The van der Waals surface area contributed by atoms with Gasteiger partial charge in [-0.3, -0.25) is 0 Å². The molecule has 2 fully saturated rings. The van der Waals surface area contributed by atoms with Crippen molar-refractivity contribution in [3.05, 3.63) is 48.2 Å². The first-order valence-corrected chi connectivity index (χ1v) is 11.3. The largest absolute Gasteiger partial charge is 0.369 e. The van der Waals surface area contributed by atoms with Crippen molar-refractivity contribution in [3.8, 4) is 0 Å². The maximum Gasteiger partial charge on any atom is 0.0428 e. The van der Waals surface area contributed by atoms with E-state index in [1.807, 2.05) is 0 Å². The molecule has 1 saturated heterocycles. The monoisotopic (exact) mass is 365 g/mol. The number of fused-ring (bicyclic) bond motifs is 5. The molecule has 0 spiro atoms. The third-order valence-electron chi connectivity index (χ3n) is 9.24. The summed E-state index contributed by atoms with van der Waals surface area (Å²) in [6.07, 6.45) is 16.2. The molecule has 4 aliphatic rings. The molecule has 0 N–H and O–H groups in total. The van der Waals surface area contributed by atoms with E-state index in [2.05, 4.69) is 64.0 Å². The summed E-state index contributed by atoms with van der Waals surface area (Å²) in [7, 11) is 0. The molecule has 6 unspecified atom stereocenters. The van der Waals surface area contributed by atoms with Crippen LogP contribution >= 0.6 is 0 Å². The van der Waals surface area contributed by atoms with E-state index in [1.54, 1.807) is 5.57 Å². The summed E-state index contributed by atoms with van der Waals surface area (Å²) in [5.74, 6) is 3.12. The fourth-order valence-corrected chi connectivity index (χ4v) is 7.32. The summed E-state index contributed by atoms with van der Waals surface area (Å²) in [6.45, 7) is 19.9. The predicted molar refractivity (Wildman–Crippen MR) is 116 cm³/mol. The number of likely N-dealkylation sites (tertiary alicyclic amines) is 1. The Labute approximate surface area is 167 Å². The highest BCUT2D eigenvalue weighted by atomic mass is 15.2. The van der Waals surface area contributed by atoms with Crippen molar-refractivity contribution in [2.75, 3.05) is 6.54 Å². The van der Waals surface area contributed by atoms with Crippen LogP contribution in [0.3, 0.4) is 0 Å². The lowest BCUT2D eigenvalue weighted by atomic mass is 9.58. The molecular formula is C26H39N. The molecule has 0 aromatic carbocycles. The second-order valence-corrected chi connectivity index (χ2v) is 10.3. The fourth-order valence-electron chi connectivity index (χ4n) is 7.32. The van der Waals surface area contributed by atoms with Crippen LogP contribution in [0.1, 0.15) is 72.6 Å². The molecule has 3 aliphatic carbocycles. The number of nitrogens with zero attached hydrogens (tertiary/aromatic N) is 1. The summed E-state index contributed by atoms with van der Waals surface area (Å²) in [4.78, 5) is 2.72. The molecule has 1 saturated carbocycles. The summed E-state index contributed by atoms with van der Waals surface area (Å²) >= 11 is 0. The minimum Gasteiger partial charge on any atom is -0.369 e. The van der Waals surface area contributed by atoms with Crippen LogP contribution in [-0.2, 0) is 0 Å². The van der Waals surface area contributed by atoms with Gasteiger partial charge < -0.3 is 4.90 Å². The van der Waals surface area contributed by atoms with E-state index in [0.717, 1.165) is 30.1 Å². The lowest BCUT2D eigenvalue weighted by molar-refractivity contribution is 0.0471. The minimum absolute atomic E-state index is 0.281. The predicted octanol–water partition coefficient (Wildman–Crippen LogP) is 6.90. The Balaban J connectivity index is 1.76. The van der Waals surface area contributed by atoms with Crippen LogP contribution in [0, 0.1) is 29.1 Å². The van der Waals surface area contributed by atoms with Gasteiger partial charge in [0.15, 0.2) is 0 Å². The van der Waals surface area contributed by atoms with Gasteiger partial charge in [0, 0.05) is 17.8 Å². The Morgan fingerprint density at radius 2 is 2.00 bits per heavy atom. The van der Waals surface area contributed by atoms with Gasteiger partial charge in [-0.15, -0.1) is 0 Å². The van der Waals surface area contributed by atoms with Crippen LogP contribution in [0.2, 0.25) is 0 Å². The van der Waals surface area contributed by atoms with E-state index in [0.29, 0.717) is 5.41 Å². The number of rotatable bonds is 2. The van der Waals surface area contributed by atoms with Gasteiger partial charge in [-0.1, -0.05) is 57.7 Å². The zero-order chi connectivity index (χ0) is 19.4. The molecular weight excluding hydrogens is 326 g/mol. The van der Waals surface area contributed by atoms with Gasteiger partial charge in [0.25, 0.3) is 0 Å². The standard InChI is InChI=1S/C26H39N/c1-7-20(4)27-16-14-24-22-10-8-9-21-17-18(2)13-15-25(21,5)23(22)12-11-19(3)26(24,27)6/h8-9,17,19,22-24H,2,4,7,10-16H2,1,3,5-6H3. The highest BCUT2D eigenvalue weighted by Crippen LogP contribution is 2.60. The maximum atomic E-state index is 4.46. The molecule has 1 heterocycles. The van der Waals surface area contributed by atoms with Crippen molar-refractivity contribution in [1.29, 1.82) is 0 Å². The van der Waals surface area contributed by atoms with Gasteiger partial charge in [0.1, 0.15) is 0 Å². The summed E-state index contributed by atoms with van der Waals surface area (Å²) in [6, 6.07) is 0. The quantitative estimate of drug-likeness (QED) is 0.514. The van der Waals surface area contributed by atoms with Crippen LogP contribution in [0.15, 0.2) is 48.2 Å². The van der Waals surface area contributed by atoms with Crippen LogP contribution in [-0.4, -0.2) is 17.0 Å². The SMILES string of the molecule is C=C1C=C2C=CCC3C(CCC(C)C4(C)C3CCN4C(=C)CC)C2(C)CC1. The zero-order valence-corrected chi connectivity index (χ0v) is 18.1. The molecule has 6 atom stereocenters. The van der Waals surface area contributed by atoms with E-state index >= 15 is 0 Å². The second-order valence-electron chi connectivity index (χ2n) is 10.3. The Morgan fingerprint density at radius 3 is 2.74 bits per heavy atom. The molecule has 0 aromatic rings. The third-order valence-corrected chi connectivity index (χ3v) is 9.24. The molecule has 1 nitrogen and oxygen atoms in total. The van der Waals surface area contributed by atoms with E-state index in [1.165, 1.54) is 56.3 Å². The van der Waals surface area contributed by atoms with E-state index < -0.39 is 0 Å². The van der Waals surface area contributed by atoms with Gasteiger partial charge in [-0.05, 0) is 86.5 Å². The Hall–Kier alpha value is -1.24. The molecule has 27 heavy (non-hydrogen) atoms. The molecule has 0 bridgehead atoms. The number of hydrogen-bond donors (Lipinski definition) is 0. The lowest BCUT2D eigenvalue weighted by Crippen LogP contribution is -2.51. The van der Waals surface area contributed by atoms with Crippen LogP contribution < -0.4 is 0 Å². The van der Waals surface area contributed by atoms with Crippen LogP contribution in [0.25, 0.3) is 0 Å². The number of allylic oxidation sites excluding steroid dienone is 6. The third kappa shape index (κ3) is 2.71. The number of hydrogen-bond acceptors (Lipinski definition) is 1. The average molecular weight is 366 g/mol. The molecule has 4 rings (SSSR count). The minimum atomic E-state index is 0.281. The summed E-state index contributed by atoms with van der Waals surface area (Å²) in [5.41, 5.74) is 4.86. The van der Waals surface area contributed by atoms with Crippen molar-refractivity contribution < 1.29 is 0 Å². The normalized spacial score (nSPS) is 43.9. The first-order valence-electron chi connectivity index (χ1n) is 11.3. The Morgan fingerprint density at radius 1 is 1.22 bits per heavy atom.